The van der Waals surface area contributed by atoms with Crippen LogP contribution in [0.5, 0.6) is 11.5 Å². The van der Waals surface area contributed by atoms with Crippen molar-refractivity contribution in [1.82, 2.24) is 5.32 Å². The molecule has 1 atom stereocenters. The Hall–Kier alpha value is -2.00. The molecule has 2 aromatic rings. The van der Waals surface area contributed by atoms with Crippen molar-refractivity contribution in [1.29, 1.82) is 0 Å². The molecule has 0 aliphatic carbocycles. The zero-order valence-corrected chi connectivity index (χ0v) is 10.7. The minimum atomic E-state index is 0.0682. The van der Waals surface area contributed by atoms with Gasteiger partial charge in [-0.05, 0) is 17.7 Å². The zero-order chi connectivity index (χ0) is 12.9. The Balaban J connectivity index is 1.50. The lowest BCUT2D eigenvalue weighted by molar-refractivity contribution is 0.0902. The molecule has 98 valence electrons. The van der Waals surface area contributed by atoms with Crippen molar-refractivity contribution in [2.75, 3.05) is 13.2 Å². The number of para-hydroxylation sites is 2. The summed E-state index contributed by atoms with van der Waals surface area (Å²) >= 11 is 0. The highest BCUT2D eigenvalue weighted by molar-refractivity contribution is 5.40. The summed E-state index contributed by atoms with van der Waals surface area (Å²) in [5.41, 5.74) is 1.28. The summed E-state index contributed by atoms with van der Waals surface area (Å²) in [6.07, 6.45) is 0.0682. The fourth-order valence-corrected chi connectivity index (χ4v) is 2.14. The second kappa shape index (κ2) is 5.76. The number of hydrogen-bond acceptors (Lipinski definition) is 3. The maximum Gasteiger partial charge on any atom is 0.161 e. The Morgan fingerprint density at radius 1 is 0.947 bits per heavy atom. The van der Waals surface area contributed by atoms with Crippen LogP contribution in [0.2, 0.25) is 0 Å². The van der Waals surface area contributed by atoms with Gasteiger partial charge < -0.3 is 14.8 Å². The summed E-state index contributed by atoms with van der Waals surface area (Å²) in [5.74, 6) is 1.67. The van der Waals surface area contributed by atoms with Gasteiger partial charge in [0.1, 0.15) is 12.7 Å². The van der Waals surface area contributed by atoms with E-state index in [9.17, 15) is 0 Å². The number of nitrogens with one attached hydrogen (secondary N) is 1. The van der Waals surface area contributed by atoms with E-state index < -0.39 is 0 Å². The minimum Gasteiger partial charge on any atom is -0.486 e. The Bertz CT molecular complexity index is 527. The van der Waals surface area contributed by atoms with Crippen LogP contribution in [-0.4, -0.2) is 19.3 Å². The van der Waals surface area contributed by atoms with Crippen LogP contribution in [0, 0.1) is 0 Å². The molecule has 0 fully saturated rings. The van der Waals surface area contributed by atoms with Crippen LogP contribution >= 0.6 is 0 Å². The SMILES string of the molecule is c1ccc(CNC[C@@H]2COc3ccccc3O2)cc1. The molecule has 0 unspecified atom stereocenters. The predicted octanol–water partition coefficient (Wildman–Crippen LogP) is 2.62. The summed E-state index contributed by atoms with van der Waals surface area (Å²) in [4.78, 5) is 0. The third kappa shape index (κ3) is 3.06. The van der Waals surface area contributed by atoms with E-state index in [4.69, 9.17) is 9.47 Å². The fourth-order valence-electron chi connectivity index (χ4n) is 2.14. The standard InChI is InChI=1S/C16H17NO2/c1-2-6-13(7-3-1)10-17-11-14-12-18-15-8-4-5-9-16(15)19-14/h1-9,14,17H,10-12H2/t14-/m1/s1. The number of ether oxygens (including phenoxy) is 2. The number of hydrogen-bond donors (Lipinski definition) is 1. The monoisotopic (exact) mass is 255 g/mol. The van der Waals surface area contributed by atoms with Crippen LogP contribution < -0.4 is 14.8 Å². The molecule has 3 rings (SSSR count). The van der Waals surface area contributed by atoms with Gasteiger partial charge in [-0.25, -0.2) is 0 Å². The molecule has 0 saturated heterocycles. The van der Waals surface area contributed by atoms with E-state index in [1.54, 1.807) is 0 Å². The average molecular weight is 255 g/mol. The van der Waals surface area contributed by atoms with Gasteiger partial charge in [-0.15, -0.1) is 0 Å². The van der Waals surface area contributed by atoms with Gasteiger partial charge >= 0.3 is 0 Å². The van der Waals surface area contributed by atoms with Gasteiger partial charge in [-0.2, -0.15) is 0 Å². The molecule has 2 aromatic carbocycles. The van der Waals surface area contributed by atoms with E-state index in [-0.39, 0.29) is 6.10 Å². The van der Waals surface area contributed by atoms with E-state index in [0.29, 0.717) is 6.61 Å². The first kappa shape index (κ1) is 12.1. The maximum atomic E-state index is 5.88. The predicted molar refractivity (Wildman–Crippen MR) is 74.5 cm³/mol. The molecule has 0 spiro atoms. The van der Waals surface area contributed by atoms with E-state index >= 15 is 0 Å². The van der Waals surface area contributed by atoms with Crippen LogP contribution in [-0.2, 0) is 6.54 Å². The highest BCUT2D eigenvalue weighted by Gasteiger charge is 2.19. The fraction of sp³-hybridized carbons (Fsp3) is 0.250. The molecule has 1 N–H and O–H groups in total. The topological polar surface area (TPSA) is 30.5 Å². The maximum absolute atomic E-state index is 5.88. The lowest BCUT2D eigenvalue weighted by Gasteiger charge is -2.26. The van der Waals surface area contributed by atoms with E-state index in [1.807, 2.05) is 42.5 Å². The van der Waals surface area contributed by atoms with Crippen LogP contribution in [0.4, 0.5) is 0 Å². The van der Waals surface area contributed by atoms with Gasteiger partial charge in [0.15, 0.2) is 11.5 Å². The molecule has 1 aliphatic rings. The van der Waals surface area contributed by atoms with Crippen molar-refractivity contribution in [2.24, 2.45) is 0 Å². The highest BCUT2D eigenvalue weighted by Crippen LogP contribution is 2.30. The minimum absolute atomic E-state index is 0.0682. The Labute approximate surface area is 113 Å². The van der Waals surface area contributed by atoms with Gasteiger partial charge in [-0.3, -0.25) is 0 Å². The van der Waals surface area contributed by atoms with Crippen molar-refractivity contribution < 1.29 is 9.47 Å². The average Bonchev–Trinajstić information content (AvgIpc) is 2.48. The van der Waals surface area contributed by atoms with Crippen molar-refractivity contribution in [3.8, 4) is 11.5 Å². The molecule has 0 bridgehead atoms. The smallest absolute Gasteiger partial charge is 0.161 e. The third-order valence-corrected chi connectivity index (χ3v) is 3.11. The molecule has 0 radical (unpaired) electrons. The normalized spacial score (nSPS) is 17.2. The van der Waals surface area contributed by atoms with Gasteiger partial charge in [-0.1, -0.05) is 42.5 Å². The molecular weight excluding hydrogens is 238 g/mol. The van der Waals surface area contributed by atoms with E-state index in [0.717, 1.165) is 24.6 Å². The first-order valence-electron chi connectivity index (χ1n) is 6.55. The largest absolute Gasteiger partial charge is 0.486 e. The number of rotatable bonds is 4. The molecule has 1 heterocycles. The van der Waals surface area contributed by atoms with Gasteiger partial charge in [0.25, 0.3) is 0 Å². The Kier molecular flexibility index (Phi) is 3.65. The van der Waals surface area contributed by atoms with Crippen molar-refractivity contribution in [3.05, 3.63) is 60.2 Å². The Morgan fingerprint density at radius 3 is 2.53 bits per heavy atom. The molecule has 1 aliphatic heterocycles. The van der Waals surface area contributed by atoms with Crippen LogP contribution in [0.25, 0.3) is 0 Å². The van der Waals surface area contributed by atoms with Crippen molar-refractivity contribution in [2.45, 2.75) is 12.6 Å². The first-order valence-corrected chi connectivity index (χ1v) is 6.55. The van der Waals surface area contributed by atoms with Gasteiger partial charge in [0, 0.05) is 13.1 Å². The van der Waals surface area contributed by atoms with Gasteiger partial charge in [0.2, 0.25) is 0 Å². The second-order valence-electron chi connectivity index (χ2n) is 4.61. The van der Waals surface area contributed by atoms with Crippen molar-refractivity contribution in [3.63, 3.8) is 0 Å². The summed E-state index contributed by atoms with van der Waals surface area (Å²) in [5, 5.41) is 3.40. The van der Waals surface area contributed by atoms with Crippen molar-refractivity contribution >= 4 is 0 Å². The first-order chi connectivity index (χ1) is 9.42. The molecule has 0 saturated carbocycles. The summed E-state index contributed by atoms with van der Waals surface area (Å²) in [6, 6.07) is 18.1. The molecule has 3 heteroatoms. The summed E-state index contributed by atoms with van der Waals surface area (Å²) in [7, 11) is 0. The van der Waals surface area contributed by atoms with Crippen LogP contribution in [0.15, 0.2) is 54.6 Å². The lowest BCUT2D eigenvalue weighted by Crippen LogP contribution is -2.38. The quantitative estimate of drug-likeness (QED) is 0.911. The molecule has 19 heavy (non-hydrogen) atoms. The molecule has 0 amide bonds. The lowest BCUT2D eigenvalue weighted by atomic mass is 10.2. The number of benzene rings is 2. The zero-order valence-electron chi connectivity index (χ0n) is 10.7. The third-order valence-electron chi connectivity index (χ3n) is 3.11. The Morgan fingerprint density at radius 2 is 1.68 bits per heavy atom. The van der Waals surface area contributed by atoms with Gasteiger partial charge in [0.05, 0.1) is 0 Å². The molecule has 3 nitrogen and oxygen atoms in total. The molecule has 0 aromatic heterocycles. The van der Waals surface area contributed by atoms with E-state index in [2.05, 4.69) is 17.4 Å². The van der Waals surface area contributed by atoms with Crippen LogP contribution in [0.3, 0.4) is 0 Å². The summed E-state index contributed by atoms with van der Waals surface area (Å²) < 4.78 is 11.6. The number of fused-ring (bicyclic) bond motifs is 1. The highest BCUT2D eigenvalue weighted by atomic mass is 16.6. The second-order valence-corrected chi connectivity index (χ2v) is 4.61. The molecular formula is C16H17NO2. The van der Waals surface area contributed by atoms with Crippen LogP contribution in [0.1, 0.15) is 5.56 Å². The summed E-state index contributed by atoms with van der Waals surface area (Å²) in [6.45, 7) is 2.23. The van der Waals surface area contributed by atoms with E-state index in [1.165, 1.54) is 5.56 Å².